The largest absolute Gasteiger partial charge is 0.315 e. The Bertz CT molecular complexity index is 760. The molecular formula is C12H11Cl3N2O2S2. The van der Waals surface area contributed by atoms with Gasteiger partial charge in [-0.3, -0.25) is 4.72 Å². The number of hydrogen-bond acceptors (Lipinski definition) is 4. The Kier molecular flexibility index (Phi) is 5.40. The predicted molar refractivity (Wildman–Crippen MR) is 89.4 cm³/mol. The molecule has 1 aromatic heterocycles. The lowest BCUT2D eigenvalue weighted by Crippen LogP contribution is -2.11. The maximum Gasteiger partial charge on any atom is 0.271 e. The summed E-state index contributed by atoms with van der Waals surface area (Å²) in [4.78, 5) is 0.915. The predicted octanol–water partition coefficient (Wildman–Crippen LogP) is 4.23. The minimum absolute atomic E-state index is 0.181. The topological polar surface area (TPSA) is 58.2 Å². The minimum Gasteiger partial charge on any atom is -0.315 e. The van der Waals surface area contributed by atoms with E-state index in [4.69, 9.17) is 34.8 Å². The van der Waals surface area contributed by atoms with Crippen molar-refractivity contribution in [1.29, 1.82) is 0 Å². The van der Waals surface area contributed by atoms with Gasteiger partial charge in [-0.1, -0.05) is 34.8 Å². The fraction of sp³-hybridized carbons (Fsp3) is 0.167. The van der Waals surface area contributed by atoms with Gasteiger partial charge in [-0.05, 0) is 31.3 Å². The lowest BCUT2D eigenvalue weighted by atomic mass is 10.3. The van der Waals surface area contributed by atoms with E-state index in [0.717, 1.165) is 4.88 Å². The van der Waals surface area contributed by atoms with Gasteiger partial charge >= 0.3 is 0 Å². The Balaban J connectivity index is 2.30. The van der Waals surface area contributed by atoms with Crippen LogP contribution in [0.4, 0.5) is 5.69 Å². The van der Waals surface area contributed by atoms with Gasteiger partial charge in [0.15, 0.2) is 0 Å². The van der Waals surface area contributed by atoms with Crippen molar-refractivity contribution < 1.29 is 8.42 Å². The second-order valence-corrected chi connectivity index (χ2v) is 8.40. The molecule has 0 radical (unpaired) electrons. The van der Waals surface area contributed by atoms with Gasteiger partial charge in [-0.25, -0.2) is 8.42 Å². The third-order valence-electron chi connectivity index (χ3n) is 2.51. The highest BCUT2D eigenvalue weighted by atomic mass is 35.5. The van der Waals surface area contributed by atoms with Crippen LogP contribution in [-0.4, -0.2) is 15.5 Å². The Morgan fingerprint density at radius 1 is 1.10 bits per heavy atom. The van der Waals surface area contributed by atoms with Crippen molar-refractivity contribution in [3.05, 3.63) is 44.2 Å². The SMILES string of the molecule is CNCc1ccc(S(=O)(=O)Nc2cc(Cl)c(Cl)cc2Cl)s1. The lowest BCUT2D eigenvalue weighted by molar-refractivity contribution is 0.603. The molecule has 9 heteroatoms. The summed E-state index contributed by atoms with van der Waals surface area (Å²) < 4.78 is 27.2. The molecule has 21 heavy (non-hydrogen) atoms. The molecule has 114 valence electrons. The van der Waals surface area contributed by atoms with E-state index in [2.05, 4.69) is 10.0 Å². The first-order valence-electron chi connectivity index (χ1n) is 5.74. The number of sulfonamides is 1. The summed E-state index contributed by atoms with van der Waals surface area (Å²) in [6.07, 6.45) is 0. The Morgan fingerprint density at radius 3 is 2.43 bits per heavy atom. The zero-order valence-electron chi connectivity index (χ0n) is 10.8. The summed E-state index contributed by atoms with van der Waals surface area (Å²) in [6.45, 7) is 0.605. The molecule has 2 N–H and O–H groups in total. The van der Waals surface area contributed by atoms with Gasteiger partial charge in [0, 0.05) is 11.4 Å². The van der Waals surface area contributed by atoms with E-state index in [9.17, 15) is 8.42 Å². The number of thiophene rings is 1. The molecule has 0 saturated heterocycles. The van der Waals surface area contributed by atoms with Crippen LogP contribution in [0, 0.1) is 0 Å². The molecule has 2 aromatic rings. The molecule has 0 atom stereocenters. The van der Waals surface area contributed by atoms with Crippen LogP contribution in [0.1, 0.15) is 4.88 Å². The average Bonchev–Trinajstić information content (AvgIpc) is 2.86. The summed E-state index contributed by atoms with van der Waals surface area (Å²) >= 11 is 18.8. The summed E-state index contributed by atoms with van der Waals surface area (Å²) in [7, 11) is -1.92. The molecule has 2 rings (SSSR count). The van der Waals surface area contributed by atoms with Crippen LogP contribution in [0.2, 0.25) is 15.1 Å². The molecular weight excluding hydrogens is 375 g/mol. The summed E-state index contributed by atoms with van der Waals surface area (Å²) in [5.74, 6) is 0. The molecule has 4 nitrogen and oxygen atoms in total. The highest BCUT2D eigenvalue weighted by Gasteiger charge is 2.19. The average molecular weight is 386 g/mol. The van der Waals surface area contributed by atoms with Crippen LogP contribution in [0.25, 0.3) is 0 Å². The van der Waals surface area contributed by atoms with Gasteiger partial charge in [0.1, 0.15) is 4.21 Å². The number of rotatable bonds is 5. The van der Waals surface area contributed by atoms with Crippen LogP contribution in [0.3, 0.4) is 0 Å². The molecule has 1 aromatic carbocycles. The second-order valence-electron chi connectivity index (χ2n) is 4.10. The number of halogens is 3. The zero-order valence-corrected chi connectivity index (χ0v) is 14.7. The highest BCUT2D eigenvalue weighted by Crippen LogP contribution is 2.34. The van der Waals surface area contributed by atoms with Gasteiger partial charge in [0.2, 0.25) is 0 Å². The van der Waals surface area contributed by atoms with Crippen molar-refractivity contribution in [2.45, 2.75) is 10.8 Å². The highest BCUT2D eigenvalue weighted by molar-refractivity contribution is 7.94. The lowest BCUT2D eigenvalue weighted by Gasteiger charge is -2.09. The van der Waals surface area contributed by atoms with E-state index < -0.39 is 10.0 Å². The maximum atomic E-state index is 12.3. The van der Waals surface area contributed by atoms with Crippen molar-refractivity contribution in [3.63, 3.8) is 0 Å². The third-order valence-corrected chi connectivity index (χ3v) is 6.48. The van der Waals surface area contributed by atoms with Gasteiger partial charge in [0.25, 0.3) is 10.0 Å². The van der Waals surface area contributed by atoms with Crippen molar-refractivity contribution in [1.82, 2.24) is 5.32 Å². The first-order valence-corrected chi connectivity index (χ1v) is 9.17. The molecule has 1 heterocycles. The molecule has 0 unspecified atom stereocenters. The van der Waals surface area contributed by atoms with Crippen molar-refractivity contribution in [3.8, 4) is 0 Å². The van der Waals surface area contributed by atoms with Crippen LogP contribution in [0.15, 0.2) is 28.5 Å². The standard InChI is InChI=1S/C12H11Cl3N2O2S2/c1-16-6-7-2-3-12(20-7)21(18,19)17-11-5-9(14)8(13)4-10(11)15/h2-5,16-17H,6H2,1H3. The molecule has 0 fully saturated rings. The van der Waals surface area contributed by atoms with Crippen LogP contribution >= 0.6 is 46.1 Å². The van der Waals surface area contributed by atoms with Gasteiger partial charge in [0.05, 0.1) is 20.8 Å². The quantitative estimate of drug-likeness (QED) is 0.757. The third kappa shape index (κ3) is 4.03. The zero-order chi connectivity index (χ0) is 15.6. The van der Waals surface area contributed by atoms with E-state index >= 15 is 0 Å². The summed E-state index contributed by atoms with van der Waals surface area (Å²) in [6, 6.07) is 6.08. The molecule has 0 aliphatic rings. The van der Waals surface area contributed by atoms with E-state index in [1.54, 1.807) is 19.2 Å². The van der Waals surface area contributed by atoms with Crippen molar-refractivity contribution >= 4 is 61.9 Å². The molecule has 0 bridgehead atoms. The van der Waals surface area contributed by atoms with Crippen LogP contribution < -0.4 is 10.0 Å². The first-order chi connectivity index (χ1) is 9.83. The number of hydrogen-bond donors (Lipinski definition) is 2. The minimum atomic E-state index is -3.71. The molecule has 0 spiro atoms. The normalized spacial score (nSPS) is 11.6. The molecule has 0 amide bonds. The fourth-order valence-electron chi connectivity index (χ4n) is 1.57. The fourth-order valence-corrected chi connectivity index (χ4v) is 4.66. The molecule has 0 saturated carbocycles. The Labute approximate surface area is 142 Å². The van der Waals surface area contributed by atoms with E-state index in [0.29, 0.717) is 6.54 Å². The summed E-state index contributed by atoms with van der Waals surface area (Å²) in [5.41, 5.74) is 0.189. The van der Waals surface area contributed by atoms with Crippen molar-refractivity contribution in [2.24, 2.45) is 0 Å². The second kappa shape index (κ2) is 6.73. The first kappa shape index (κ1) is 16.9. The van der Waals surface area contributed by atoms with Crippen molar-refractivity contribution in [2.75, 3.05) is 11.8 Å². The summed E-state index contributed by atoms with van der Waals surface area (Å²) in [5, 5.41) is 3.63. The number of nitrogens with one attached hydrogen (secondary N) is 2. The van der Waals surface area contributed by atoms with Crippen LogP contribution in [0.5, 0.6) is 0 Å². The Morgan fingerprint density at radius 2 is 1.76 bits per heavy atom. The van der Waals surface area contributed by atoms with E-state index in [-0.39, 0.29) is 25.0 Å². The van der Waals surface area contributed by atoms with Gasteiger partial charge < -0.3 is 5.32 Å². The van der Waals surface area contributed by atoms with Gasteiger partial charge in [-0.15, -0.1) is 11.3 Å². The van der Waals surface area contributed by atoms with Gasteiger partial charge in [-0.2, -0.15) is 0 Å². The van der Waals surface area contributed by atoms with Crippen LogP contribution in [-0.2, 0) is 16.6 Å². The maximum absolute atomic E-state index is 12.3. The number of benzene rings is 1. The molecule has 0 aliphatic heterocycles. The van der Waals surface area contributed by atoms with E-state index in [1.165, 1.54) is 23.5 Å². The smallest absolute Gasteiger partial charge is 0.271 e. The number of anilines is 1. The molecule has 0 aliphatic carbocycles. The van der Waals surface area contributed by atoms with E-state index in [1.807, 2.05) is 0 Å². The Hall–Kier alpha value is -0.500. The monoisotopic (exact) mass is 384 g/mol.